The third-order valence-electron chi connectivity index (χ3n) is 4.78. The van der Waals surface area contributed by atoms with Crippen LogP contribution in [0.15, 0.2) is 0 Å². The third-order valence-corrected chi connectivity index (χ3v) is 4.78. The van der Waals surface area contributed by atoms with E-state index >= 15 is 0 Å². The average Bonchev–Trinajstić information content (AvgIpc) is 2.56. The molecule has 0 bridgehead atoms. The Balaban J connectivity index is 3.28. The molecule has 147 valence electrons. The topological polar surface area (TPSA) is 74.6 Å². The minimum Gasteiger partial charge on any atom is -0.481 e. The molecule has 0 aromatic rings. The first-order valence-electron chi connectivity index (χ1n) is 10.4. The van der Waals surface area contributed by atoms with Gasteiger partial charge in [0.05, 0.1) is 12.3 Å². The normalized spacial score (nSPS) is 12.2. The monoisotopic (exact) mass is 355 g/mol. The highest BCUT2D eigenvalue weighted by molar-refractivity contribution is 5.85. The molecule has 2 N–H and O–H groups in total. The molecule has 4 heteroatoms. The average molecular weight is 356 g/mol. The first-order chi connectivity index (χ1) is 12.1. The second-order valence-corrected chi connectivity index (χ2v) is 7.19. The fourth-order valence-corrected chi connectivity index (χ4v) is 3.19. The van der Waals surface area contributed by atoms with Crippen LogP contribution in [-0.2, 0) is 9.59 Å². The lowest BCUT2D eigenvalue weighted by molar-refractivity contribution is -0.144. The summed E-state index contributed by atoms with van der Waals surface area (Å²) in [6.45, 7) is 2.25. The maximum Gasteiger partial charge on any atom is 0.308 e. The molecule has 0 aromatic heterocycles. The Bertz CT molecular complexity index is 328. The Hall–Kier alpha value is -1.06. The number of hydrogen-bond acceptors (Lipinski definition) is 2. The molecule has 0 aliphatic heterocycles. The summed E-state index contributed by atoms with van der Waals surface area (Å²) >= 11 is 0. The molecule has 0 aliphatic carbocycles. The summed E-state index contributed by atoms with van der Waals surface area (Å²) in [5.41, 5.74) is 0. The van der Waals surface area contributed by atoms with E-state index in [2.05, 4.69) is 6.92 Å². The van der Waals surface area contributed by atoms with E-state index in [1.165, 1.54) is 77.0 Å². The van der Waals surface area contributed by atoms with Gasteiger partial charge in [-0.25, -0.2) is 0 Å². The van der Waals surface area contributed by atoms with Crippen molar-refractivity contribution < 1.29 is 19.8 Å². The van der Waals surface area contributed by atoms with E-state index < -0.39 is 17.9 Å². The number of carboxylic acid groups (broad SMARTS) is 2. The maximum atomic E-state index is 10.9. The van der Waals surface area contributed by atoms with E-state index in [1.54, 1.807) is 0 Å². The lowest BCUT2D eigenvalue weighted by Gasteiger charge is -2.09. The van der Waals surface area contributed by atoms with Crippen LogP contribution in [0.4, 0.5) is 0 Å². The van der Waals surface area contributed by atoms with Gasteiger partial charge in [0.15, 0.2) is 0 Å². The zero-order chi connectivity index (χ0) is 18.8. The summed E-state index contributed by atoms with van der Waals surface area (Å²) in [5.74, 6) is -3.03. The largest absolute Gasteiger partial charge is 0.481 e. The molecule has 0 saturated carbocycles. The molecule has 0 rings (SSSR count). The first-order valence-corrected chi connectivity index (χ1v) is 10.4. The molecule has 0 saturated heterocycles. The molecular formula is C21H39O4. The Morgan fingerprint density at radius 2 is 1.04 bits per heavy atom. The number of aliphatic carboxylic acids is 2. The van der Waals surface area contributed by atoms with E-state index in [0.717, 1.165) is 25.7 Å². The van der Waals surface area contributed by atoms with Crippen molar-refractivity contribution in [2.45, 2.75) is 110 Å². The van der Waals surface area contributed by atoms with Crippen LogP contribution in [0.2, 0.25) is 0 Å². The van der Waals surface area contributed by atoms with Gasteiger partial charge in [-0.2, -0.15) is 0 Å². The van der Waals surface area contributed by atoms with E-state index in [9.17, 15) is 9.59 Å². The molecule has 0 spiro atoms. The van der Waals surface area contributed by atoms with Crippen molar-refractivity contribution in [1.29, 1.82) is 0 Å². The molecule has 0 heterocycles. The van der Waals surface area contributed by atoms with Crippen molar-refractivity contribution >= 4 is 11.9 Å². The molecule has 0 aromatic carbocycles. The Morgan fingerprint density at radius 3 is 1.36 bits per heavy atom. The summed E-state index contributed by atoms with van der Waals surface area (Å²) in [7, 11) is 0. The Morgan fingerprint density at radius 1 is 0.680 bits per heavy atom. The minimum absolute atomic E-state index is 0.430. The molecule has 4 nitrogen and oxygen atoms in total. The van der Waals surface area contributed by atoms with Gasteiger partial charge in [0.1, 0.15) is 0 Å². The number of unbranched alkanes of at least 4 members (excludes halogenated alkanes) is 14. The smallest absolute Gasteiger partial charge is 0.308 e. The van der Waals surface area contributed by atoms with Crippen molar-refractivity contribution in [1.82, 2.24) is 0 Å². The van der Waals surface area contributed by atoms with Crippen LogP contribution in [0.3, 0.4) is 0 Å². The summed E-state index contributed by atoms with van der Waals surface area (Å²) in [6, 6.07) is 0. The molecule has 1 atom stereocenters. The Kier molecular flexibility index (Phi) is 17.0. The van der Waals surface area contributed by atoms with E-state index in [4.69, 9.17) is 10.2 Å². The third kappa shape index (κ3) is 17.6. The van der Waals surface area contributed by atoms with Crippen molar-refractivity contribution in [2.24, 2.45) is 5.92 Å². The van der Waals surface area contributed by atoms with Gasteiger partial charge in [0.2, 0.25) is 0 Å². The van der Waals surface area contributed by atoms with Gasteiger partial charge in [-0.3, -0.25) is 9.59 Å². The number of carbonyl (C=O) groups is 2. The Labute approximate surface area is 154 Å². The van der Waals surface area contributed by atoms with Gasteiger partial charge < -0.3 is 10.2 Å². The van der Waals surface area contributed by atoms with Gasteiger partial charge in [0, 0.05) is 0 Å². The molecular weight excluding hydrogens is 316 g/mol. The van der Waals surface area contributed by atoms with Crippen molar-refractivity contribution in [2.75, 3.05) is 0 Å². The zero-order valence-corrected chi connectivity index (χ0v) is 16.2. The fourth-order valence-electron chi connectivity index (χ4n) is 3.19. The van der Waals surface area contributed by atoms with E-state index in [-0.39, 0.29) is 0 Å². The predicted molar refractivity (Wildman–Crippen MR) is 103 cm³/mol. The van der Waals surface area contributed by atoms with Crippen LogP contribution in [0.25, 0.3) is 0 Å². The van der Waals surface area contributed by atoms with Crippen LogP contribution in [-0.4, -0.2) is 22.2 Å². The van der Waals surface area contributed by atoms with Crippen molar-refractivity contribution in [3.63, 3.8) is 0 Å². The number of hydrogen-bond donors (Lipinski definition) is 2. The summed E-state index contributed by atoms with van der Waals surface area (Å²) in [5, 5.41) is 17.6. The van der Waals surface area contributed by atoms with Gasteiger partial charge in [-0.1, -0.05) is 103 Å². The van der Waals surface area contributed by atoms with Gasteiger partial charge in [-0.15, -0.1) is 0 Å². The second-order valence-electron chi connectivity index (χ2n) is 7.19. The van der Waals surface area contributed by atoms with Gasteiger partial charge in [0.25, 0.3) is 0 Å². The summed E-state index contributed by atoms with van der Waals surface area (Å²) in [4.78, 5) is 21.5. The summed E-state index contributed by atoms with van der Waals surface area (Å²) in [6.07, 6.45) is 20.4. The lowest BCUT2D eigenvalue weighted by atomic mass is 9.97. The minimum atomic E-state index is -1.15. The fraction of sp³-hybridized carbons (Fsp3) is 0.857. The van der Waals surface area contributed by atoms with Crippen LogP contribution < -0.4 is 0 Å². The maximum absolute atomic E-state index is 10.9. The quantitative estimate of drug-likeness (QED) is 0.269. The van der Waals surface area contributed by atoms with Crippen LogP contribution in [0.1, 0.15) is 110 Å². The molecule has 25 heavy (non-hydrogen) atoms. The highest BCUT2D eigenvalue weighted by Crippen LogP contribution is 2.16. The number of carboxylic acids is 2. The summed E-state index contributed by atoms with van der Waals surface area (Å²) < 4.78 is 0. The standard InChI is InChI=1S/C21H39O4/c1-2-3-4-5-6-7-8-9-10-11-12-13-14-15-16-17-19(21(24)25)18-20(22)23/h18-19H,2-17H2,1H3,(H,22,23)(H,24,25)/t19-/m0/s1. The zero-order valence-electron chi connectivity index (χ0n) is 16.2. The van der Waals surface area contributed by atoms with Crippen molar-refractivity contribution in [3.05, 3.63) is 6.42 Å². The SMILES string of the molecule is CCCCCCCCCCCCCCCCC[C@@H]([CH]C(=O)O)C(=O)O. The molecule has 1 radical (unpaired) electrons. The van der Waals surface area contributed by atoms with E-state index in [0.29, 0.717) is 6.42 Å². The molecule has 0 unspecified atom stereocenters. The predicted octanol–water partition coefficient (Wildman–Crippen LogP) is 6.24. The first kappa shape index (κ1) is 23.9. The number of rotatable bonds is 19. The van der Waals surface area contributed by atoms with Crippen LogP contribution in [0.5, 0.6) is 0 Å². The van der Waals surface area contributed by atoms with Crippen molar-refractivity contribution in [3.8, 4) is 0 Å². The van der Waals surface area contributed by atoms with Gasteiger partial charge >= 0.3 is 11.9 Å². The van der Waals surface area contributed by atoms with E-state index in [1.807, 2.05) is 0 Å². The lowest BCUT2D eigenvalue weighted by Crippen LogP contribution is -2.18. The highest BCUT2D eigenvalue weighted by atomic mass is 16.4. The molecule has 0 fully saturated rings. The highest BCUT2D eigenvalue weighted by Gasteiger charge is 2.20. The van der Waals surface area contributed by atoms with Crippen LogP contribution >= 0.6 is 0 Å². The molecule has 0 amide bonds. The second kappa shape index (κ2) is 17.8. The van der Waals surface area contributed by atoms with Crippen LogP contribution in [0, 0.1) is 12.3 Å². The van der Waals surface area contributed by atoms with Gasteiger partial charge in [-0.05, 0) is 6.42 Å². The molecule has 0 aliphatic rings.